The van der Waals surface area contributed by atoms with E-state index in [9.17, 15) is 14.7 Å². The van der Waals surface area contributed by atoms with Crippen molar-refractivity contribution in [3.05, 3.63) is 11.8 Å². The molecule has 1 N–H and O–H groups in total. The SMILES string of the molecule is O=C(/C=C(\O)C(=O)OC1CCCC1)OC1CCCC1. The number of carbonyl (C=O) groups is 2. The molecule has 2 aliphatic rings. The van der Waals surface area contributed by atoms with Gasteiger partial charge in [-0.25, -0.2) is 9.59 Å². The number of hydrogen-bond acceptors (Lipinski definition) is 5. The van der Waals surface area contributed by atoms with Gasteiger partial charge >= 0.3 is 11.9 Å². The lowest BCUT2D eigenvalue weighted by atomic mass is 10.3. The summed E-state index contributed by atoms with van der Waals surface area (Å²) in [6.45, 7) is 0. The molecule has 0 bridgehead atoms. The topological polar surface area (TPSA) is 72.8 Å². The van der Waals surface area contributed by atoms with Gasteiger partial charge in [0.1, 0.15) is 12.2 Å². The minimum Gasteiger partial charge on any atom is -0.502 e. The summed E-state index contributed by atoms with van der Waals surface area (Å²) >= 11 is 0. The molecule has 5 nitrogen and oxygen atoms in total. The molecule has 0 amide bonds. The van der Waals surface area contributed by atoms with E-state index in [1.165, 1.54) is 0 Å². The first-order valence-electron chi connectivity index (χ1n) is 6.97. The summed E-state index contributed by atoms with van der Waals surface area (Å²) < 4.78 is 10.2. The minimum atomic E-state index is -0.838. The second-order valence-electron chi connectivity index (χ2n) is 5.18. The zero-order chi connectivity index (χ0) is 13.7. The number of hydrogen-bond donors (Lipinski definition) is 1. The van der Waals surface area contributed by atoms with Gasteiger partial charge in [-0.1, -0.05) is 0 Å². The van der Waals surface area contributed by atoms with E-state index in [0.717, 1.165) is 57.4 Å². The van der Waals surface area contributed by atoms with Gasteiger partial charge in [0.25, 0.3) is 0 Å². The Labute approximate surface area is 112 Å². The lowest BCUT2D eigenvalue weighted by Gasteiger charge is -2.11. The molecule has 0 aromatic rings. The quantitative estimate of drug-likeness (QED) is 0.481. The zero-order valence-corrected chi connectivity index (χ0v) is 11.0. The minimum absolute atomic E-state index is 0.0811. The standard InChI is InChI=1S/C14H20O5/c15-12(14(17)19-11-7-3-4-8-11)9-13(16)18-10-5-1-2-6-10/h9-11,15H,1-8H2/b12-9-. The van der Waals surface area contributed by atoms with Crippen LogP contribution >= 0.6 is 0 Å². The van der Waals surface area contributed by atoms with Crippen LogP contribution in [0, 0.1) is 0 Å². The highest BCUT2D eigenvalue weighted by atomic mass is 16.6. The third kappa shape index (κ3) is 4.26. The molecule has 0 heterocycles. The van der Waals surface area contributed by atoms with Gasteiger partial charge < -0.3 is 14.6 Å². The molecular weight excluding hydrogens is 248 g/mol. The Balaban J connectivity index is 1.79. The molecule has 0 radical (unpaired) electrons. The van der Waals surface area contributed by atoms with Crippen LogP contribution in [-0.2, 0) is 19.1 Å². The molecule has 106 valence electrons. The molecule has 0 aromatic heterocycles. The Morgan fingerprint density at radius 2 is 1.37 bits per heavy atom. The number of aliphatic hydroxyl groups is 1. The lowest BCUT2D eigenvalue weighted by Crippen LogP contribution is -2.18. The first kappa shape index (κ1) is 13.9. The third-order valence-corrected chi connectivity index (χ3v) is 3.62. The summed E-state index contributed by atoms with van der Waals surface area (Å²) in [6.07, 6.45) is 8.13. The molecule has 0 aromatic carbocycles. The van der Waals surface area contributed by atoms with Crippen molar-refractivity contribution in [2.45, 2.75) is 63.6 Å². The molecule has 2 aliphatic carbocycles. The van der Waals surface area contributed by atoms with E-state index in [1.807, 2.05) is 0 Å². The summed E-state index contributed by atoms with van der Waals surface area (Å²) in [5, 5.41) is 9.51. The fourth-order valence-electron chi connectivity index (χ4n) is 2.59. The highest BCUT2D eigenvalue weighted by Gasteiger charge is 2.23. The fraction of sp³-hybridized carbons (Fsp3) is 0.714. The number of ether oxygens (including phenoxy) is 2. The van der Waals surface area contributed by atoms with Crippen molar-refractivity contribution >= 4 is 11.9 Å². The summed E-state index contributed by atoms with van der Waals surface area (Å²) in [5.74, 6) is -2.18. The number of esters is 2. The second-order valence-corrected chi connectivity index (χ2v) is 5.18. The van der Waals surface area contributed by atoms with Gasteiger partial charge in [0.2, 0.25) is 5.76 Å². The Morgan fingerprint density at radius 1 is 0.895 bits per heavy atom. The van der Waals surface area contributed by atoms with Crippen LogP contribution in [-0.4, -0.2) is 29.3 Å². The average Bonchev–Trinajstić information content (AvgIpc) is 3.01. The average molecular weight is 268 g/mol. The van der Waals surface area contributed by atoms with Crippen molar-refractivity contribution < 1.29 is 24.2 Å². The molecule has 2 saturated carbocycles. The first-order valence-corrected chi connectivity index (χ1v) is 6.97. The van der Waals surface area contributed by atoms with Crippen LogP contribution in [0.5, 0.6) is 0 Å². The van der Waals surface area contributed by atoms with Gasteiger partial charge in [-0.2, -0.15) is 0 Å². The maximum atomic E-state index is 11.5. The largest absolute Gasteiger partial charge is 0.502 e. The number of carbonyl (C=O) groups excluding carboxylic acids is 2. The highest BCUT2D eigenvalue weighted by Crippen LogP contribution is 2.22. The van der Waals surface area contributed by atoms with Gasteiger partial charge in [-0.15, -0.1) is 0 Å². The third-order valence-electron chi connectivity index (χ3n) is 3.62. The van der Waals surface area contributed by atoms with Crippen molar-refractivity contribution in [3.8, 4) is 0 Å². The molecule has 0 spiro atoms. The Bertz CT molecular complexity index is 362. The van der Waals surface area contributed by atoms with E-state index in [4.69, 9.17) is 9.47 Å². The lowest BCUT2D eigenvalue weighted by molar-refractivity contribution is -0.149. The predicted octanol–water partition coefficient (Wildman–Crippen LogP) is 2.40. The molecule has 0 unspecified atom stereocenters. The van der Waals surface area contributed by atoms with Crippen molar-refractivity contribution in [2.75, 3.05) is 0 Å². The number of aliphatic hydroxyl groups excluding tert-OH is 1. The van der Waals surface area contributed by atoms with Gasteiger partial charge in [0.15, 0.2) is 0 Å². The van der Waals surface area contributed by atoms with E-state index in [2.05, 4.69) is 0 Å². The Hall–Kier alpha value is -1.52. The molecule has 2 rings (SSSR count). The zero-order valence-electron chi connectivity index (χ0n) is 11.0. The van der Waals surface area contributed by atoms with Gasteiger partial charge in [0.05, 0.1) is 6.08 Å². The molecule has 0 atom stereocenters. The van der Waals surface area contributed by atoms with Crippen LogP contribution < -0.4 is 0 Å². The molecule has 5 heteroatoms. The van der Waals surface area contributed by atoms with E-state index in [-0.39, 0.29) is 12.2 Å². The molecule has 0 saturated heterocycles. The number of rotatable bonds is 4. The molecule has 2 fully saturated rings. The van der Waals surface area contributed by atoms with Gasteiger partial charge in [0, 0.05) is 0 Å². The maximum Gasteiger partial charge on any atom is 0.373 e. The van der Waals surface area contributed by atoms with Crippen molar-refractivity contribution in [2.24, 2.45) is 0 Å². The summed E-state index contributed by atoms with van der Waals surface area (Å²) in [7, 11) is 0. The first-order chi connectivity index (χ1) is 9.15. The van der Waals surface area contributed by atoms with Crippen LogP contribution in [0.1, 0.15) is 51.4 Å². The van der Waals surface area contributed by atoms with Crippen LogP contribution in [0.25, 0.3) is 0 Å². The molecule has 19 heavy (non-hydrogen) atoms. The van der Waals surface area contributed by atoms with E-state index < -0.39 is 17.7 Å². The van der Waals surface area contributed by atoms with E-state index in [1.54, 1.807) is 0 Å². The second kappa shape index (κ2) is 6.59. The highest BCUT2D eigenvalue weighted by molar-refractivity contribution is 5.94. The summed E-state index contributed by atoms with van der Waals surface area (Å²) in [6, 6.07) is 0. The normalized spacial score (nSPS) is 21.6. The van der Waals surface area contributed by atoms with Crippen LogP contribution in [0.15, 0.2) is 11.8 Å². The van der Waals surface area contributed by atoms with E-state index >= 15 is 0 Å². The van der Waals surface area contributed by atoms with Crippen LogP contribution in [0.4, 0.5) is 0 Å². The molecule has 0 aliphatic heterocycles. The van der Waals surface area contributed by atoms with Crippen LogP contribution in [0.2, 0.25) is 0 Å². The Kier molecular flexibility index (Phi) is 4.82. The van der Waals surface area contributed by atoms with Crippen molar-refractivity contribution in [1.29, 1.82) is 0 Å². The van der Waals surface area contributed by atoms with Crippen molar-refractivity contribution in [3.63, 3.8) is 0 Å². The molecular formula is C14H20O5. The van der Waals surface area contributed by atoms with Gasteiger partial charge in [-0.3, -0.25) is 0 Å². The fourth-order valence-corrected chi connectivity index (χ4v) is 2.59. The van der Waals surface area contributed by atoms with E-state index in [0.29, 0.717) is 0 Å². The smallest absolute Gasteiger partial charge is 0.373 e. The summed E-state index contributed by atoms with van der Waals surface area (Å²) in [4.78, 5) is 23.0. The monoisotopic (exact) mass is 268 g/mol. The van der Waals surface area contributed by atoms with Gasteiger partial charge in [-0.05, 0) is 51.4 Å². The van der Waals surface area contributed by atoms with Crippen LogP contribution in [0.3, 0.4) is 0 Å². The van der Waals surface area contributed by atoms with Crippen molar-refractivity contribution in [1.82, 2.24) is 0 Å². The Morgan fingerprint density at radius 3 is 1.89 bits per heavy atom. The predicted molar refractivity (Wildman–Crippen MR) is 67.4 cm³/mol. The maximum absolute atomic E-state index is 11.5. The summed E-state index contributed by atoms with van der Waals surface area (Å²) in [5.41, 5.74) is 0.